The Balaban J connectivity index is 2.22. The van der Waals surface area contributed by atoms with Crippen LogP contribution < -0.4 is 9.47 Å². The first kappa shape index (κ1) is 17.5. The van der Waals surface area contributed by atoms with Crippen molar-refractivity contribution < 1.29 is 19.2 Å². The van der Waals surface area contributed by atoms with E-state index in [2.05, 4.69) is 0 Å². The Morgan fingerprint density at radius 1 is 1.17 bits per heavy atom. The third kappa shape index (κ3) is 3.91. The zero-order valence-electron chi connectivity index (χ0n) is 13.0. The number of carbonyl (C=O) groups is 1. The summed E-state index contributed by atoms with van der Waals surface area (Å²) in [5.74, 6) is 0.584. The summed E-state index contributed by atoms with van der Waals surface area (Å²) in [5, 5.41) is 11.0. The number of nitro groups is 1. The molecule has 0 fully saturated rings. The zero-order chi connectivity index (χ0) is 17.7. The Kier molecular flexibility index (Phi) is 5.55. The topological polar surface area (TPSA) is 78.7 Å². The van der Waals surface area contributed by atoms with Crippen molar-refractivity contribution in [3.63, 3.8) is 0 Å². The molecule has 2 aromatic carbocycles. The highest BCUT2D eigenvalue weighted by Gasteiger charge is 2.10. The SMILES string of the molecule is COc1cc(C=CC(=O)c2ccc([N+](=O)[O-])cc2)cc(Cl)c1OC. The molecule has 7 heteroatoms. The molecule has 24 heavy (non-hydrogen) atoms. The van der Waals surface area contributed by atoms with Crippen LogP contribution >= 0.6 is 11.6 Å². The third-order valence-corrected chi connectivity index (χ3v) is 3.53. The van der Waals surface area contributed by atoms with Gasteiger partial charge in [0.1, 0.15) is 0 Å². The van der Waals surface area contributed by atoms with E-state index in [-0.39, 0.29) is 11.5 Å². The van der Waals surface area contributed by atoms with E-state index in [9.17, 15) is 14.9 Å². The highest BCUT2D eigenvalue weighted by Crippen LogP contribution is 2.36. The van der Waals surface area contributed by atoms with E-state index in [1.165, 1.54) is 44.6 Å². The van der Waals surface area contributed by atoms with E-state index in [4.69, 9.17) is 21.1 Å². The fourth-order valence-corrected chi connectivity index (χ4v) is 2.35. The zero-order valence-corrected chi connectivity index (χ0v) is 13.7. The van der Waals surface area contributed by atoms with Crippen molar-refractivity contribution in [1.29, 1.82) is 0 Å². The first-order valence-corrected chi connectivity index (χ1v) is 7.22. The molecule has 0 N–H and O–H groups in total. The number of halogens is 1. The molecule has 0 aliphatic rings. The van der Waals surface area contributed by atoms with Crippen LogP contribution in [0.4, 0.5) is 5.69 Å². The molecule has 0 aliphatic heterocycles. The third-order valence-electron chi connectivity index (χ3n) is 3.25. The molecule has 0 spiro atoms. The van der Waals surface area contributed by atoms with E-state index in [1.54, 1.807) is 18.2 Å². The molecule has 0 heterocycles. The van der Waals surface area contributed by atoms with E-state index in [1.807, 2.05) is 0 Å². The molecule has 0 amide bonds. The second kappa shape index (κ2) is 7.61. The first-order chi connectivity index (χ1) is 11.5. The number of ether oxygens (including phenoxy) is 2. The van der Waals surface area contributed by atoms with Gasteiger partial charge >= 0.3 is 0 Å². The number of ketones is 1. The maximum atomic E-state index is 12.1. The average molecular weight is 348 g/mol. The van der Waals surface area contributed by atoms with Crippen molar-refractivity contribution in [3.05, 3.63) is 68.7 Å². The lowest BCUT2D eigenvalue weighted by Crippen LogP contribution is -1.95. The molecular formula is C17H14ClNO5. The van der Waals surface area contributed by atoms with Crippen molar-refractivity contribution in [1.82, 2.24) is 0 Å². The molecule has 0 saturated heterocycles. The highest BCUT2D eigenvalue weighted by molar-refractivity contribution is 6.32. The van der Waals surface area contributed by atoms with Gasteiger partial charge in [0.05, 0.1) is 24.2 Å². The van der Waals surface area contributed by atoms with E-state index in [0.29, 0.717) is 27.6 Å². The van der Waals surface area contributed by atoms with Gasteiger partial charge in [0.2, 0.25) is 0 Å². The lowest BCUT2D eigenvalue weighted by Gasteiger charge is -2.10. The van der Waals surface area contributed by atoms with Gasteiger partial charge in [-0.1, -0.05) is 17.7 Å². The van der Waals surface area contributed by atoms with Gasteiger partial charge in [-0.25, -0.2) is 0 Å². The van der Waals surface area contributed by atoms with Crippen LogP contribution in [0.1, 0.15) is 15.9 Å². The van der Waals surface area contributed by atoms with Crippen molar-refractivity contribution in [2.75, 3.05) is 14.2 Å². The number of hydrogen-bond acceptors (Lipinski definition) is 5. The molecule has 0 unspecified atom stereocenters. The summed E-state index contributed by atoms with van der Waals surface area (Å²) in [6.45, 7) is 0. The van der Waals surface area contributed by atoms with Gasteiger partial charge in [-0.05, 0) is 35.9 Å². The van der Waals surface area contributed by atoms with Gasteiger partial charge in [0.15, 0.2) is 17.3 Å². The molecule has 0 atom stereocenters. The van der Waals surface area contributed by atoms with Crippen LogP contribution in [0.2, 0.25) is 5.02 Å². The summed E-state index contributed by atoms with van der Waals surface area (Å²) in [6.07, 6.45) is 2.94. The molecule has 0 saturated carbocycles. The van der Waals surface area contributed by atoms with Crippen molar-refractivity contribution in [2.45, 2.75) is 0 Å². The van der Waals surface area contributed by atoms with Gasteiger partial charge < -0.3 is 9.47 Å². The van der Waals surface area contributed by atoms with Crippen molar-refractivity contribution >= 4 is 29.1 Å². The maximum absolute atomic E-state index is 12.1. The van der Waals surface area contributed by atoms with Crippen LogP contribution in [0, 0.1) is 10.1 Å². The van der Waals surface area contributed by atoms with Gasteiger partial charge in [-0.15, -0.1) is 0 Å². The second-order valence-electron chi connectivity index (χ2n) is 4.74. The molecule has 0 aliphatic carbocycles. The van der Waals surface area contributed by atoms with Crippen LogP contribution in [0.15, 0.2) is 42.5 Å². The van der Waals surface area contributed by atoms with Gasteiger partial charge in [-0.2, -0.15) is 0 Å². The molecule has 124 valence electrons. The van der Waals surface area contributed by atoms with Gasteiger partial charge in [-0.3, -0.25) is 14.9 Å². The van der Waals surface area contributed by atoms with Crippen molar-refractivity contribution in [3.8, 4) is 11.5 Å². The Morgan fingerprint density at radius 2 is 1.83 bits per heavy atom. The molecule has 2 rings (SSSR count). The smallest absolute Gasteiger partial charge is 0.269 e. The van der Waals surface area contributed by atoms with Crippen LogP contribution in [0.25, 0.3) is 6.08 Å². The van der Waals surface area contributed by atoms with Crippen LogP contribution in [-0.4, -0.2) is 24.9 Å². The lowest BCUT2D eigenvalue weighted by molar-refractivity contribution is -0.384. The Morgan fingerprint density at radius 3 is 2.38 bits per heavy atom. The fourth-order valence-electron chi connectivity index (χ4n) is 2.05. The Labute approximate surface area is 143 Å². The number of hydrogen-bond donors (Lipinski definition) is 0. The number of methoxy groups -OCH3 is 2. The number of benzene rings is 2. The van der Waals surface area contributed by atoms with E-state index >= 15 is 0 Å². The summed E-state index contributed by atoms with van der Waals surface area (Å²) < 4.78 is 10.3. The molecule has 0 aromatic heterocycles. The Hall–Kier alpha value is -2.86. The standard InChI is InChI=1S/C17H14ClNO5/c1-23-16-10-11(9-14(18)17(16)24-2)3-8-15(20)12-4-6-13(7-5-12)19(21)22/h3-10H,1-2H3. The summed E-state index contributed by atoms with van der Waals surface area (Å²) in [5.41, 5.74) is 0.943. The van der Waals surface area contributed by atoms with Crippen LogP contribution in [-0.2, 0) is 0 Å². The van der Waals surface area contributed by atoms with Crippen LogP contribution in [0.3, 0.4) is 0 Å². The minimum absolute atomic E-state index is 0.0674. The number of carbonyl (C=O) groups excluding carboxylic acids is 1. The number of non-ortho nitro benzene ring substituents is 1. The number of nitrogens with zero attached hydrogens (tertiary/aromatic N) is 1. The fraction of sp³-hybridized carbons (Fsp3) is 0.118. The molecule has 0 radical (unpaired) electrons. The molecule has 2 aromatic rings. The van der Waals surface area contributed by atoms with E-state index < -0.39 is 4.92 Å². The van der Waals surface area contributed by atoms with Gasteiger partial charge in [0, 0.05) is 17.7 Å². The highest BCUT2D eigenvalue weighted by atomic mass is 35.5. The summed E-state index contributed by atoms with van der Waals surface area (Å²) in [7, 11) is 2.97. The Bertz CT molecular complexity index is 799. The minimum atomic E-state index is -0.518. The summed E-state index contributed by atoms with van der Waals surface area (Å²) in [6, 6.07) is 8.72. The quantitative estimate of drug-likeness (QED) is 0.339. The van der Waals surface area contributed by atoms with E-state index in [0.717, 1.165) is 0 Å². The molecule has 6 nitrogen and oxygen atoms in total. The summed E-state index contributed by atoms with van der Waals surface area (Å²) >= 11 is 6.11. The maximum Gasteiger partial charge on any atom is 0.269 e. The second-order valence-corrected chi connectivity index (χ2v) is 5.15. The number of nitro benzene ring substituents is 1. The monoisotopic (exact) mass is 347 g/mol. The predicted octanol–water partition coefficient (Wildman–Crippen LogP) is 4.16. The number of allylic oxidation sites excluding steroid dienone is 1. The first-order valence-electron chi connectivity index (χ1n) is 6.84. The summed E-state index contributed by atoms with van der Waals surface area (Å²) in [4.78, 5) is 22.2. The van der Waals surface area contributed by atoms with Crippen LogP contribution in [0.5, 0.6) is 11.5 Å². The lowest BCUT2D eigenvalue weighted by atomic mass is 10.1. The minimum Gasteiger partial charge on any atom is -0.493 e. The molecule has 0 bridgehead atoms. The average Bonchev–Trinajstić information content (AvgIpc) is 2.59. The largest absolute Gasteiger partial charge is 0.493 e. The van der Waals surface area contributed by atoms with Crippen molar-refractivity contribution in [2.24, 2.45) is 0 Å². The molecular weight excluding hydrogens is 334 g/mol. The normalized spacial score (nSPS) is 10.6. The number of rotatable bonds is 6. The predicted molar refractivity (Wildman–Crippen MR) is 91.0 cm³/mol. The van der Waals surface area contributed by atoms with Gasteiger partial charge in [0.25, 0.3) is 5.69 Å².